The van der Waals surface area contributed by atoms with E-state index in [4.69, 9.17) is 4.52 Å². The summed E-state index contributed by atoms with van der Waals surface area (Å²) >= 11 is 0. The van der Waals surface area contributed by atoms with Gasteiger partial charge in [0.2, 0.25) is 0 Å². The van der Waals surface area contributed by atoms with E-state index in [-0.39, 0.29) is 17.9 Å². The molecule has 0 saturated heterocycles. The van der Waals surface area contributed by atoms with Gasteiger partial charge in [0.15, 0.2) is 11.6 Å². The van der Waals surface area contributed by atoms with Crippen LogP contribution in [0.2, 0.25) is 0 Å². The summed E-state index contributed by atoms with van der Waals surface area (Å²) in [7, 11) is 0. The second-order valence-electron chi connectivity index (χ2n) is 7.53. The second-order valence-corrected chi connectivity index (χ2v) is 7.53. The number of carbonyl (C=O) groups is 1. The quantitative estimate of drug-likeness (QED) is 0.728. The number of hydrogen-bond donors (Lipinski definition) is 1. The van der Waals surface area contributed by atoms with Crippen molar-refractivity contribution in [1.29, 1.82) is 0 Å². The first kappa shape index (κ1) is 18.3. The average molecular weight is 380 g/mol. The van der Waals surface area contributed by atoms with Gasteiger partial charge < -0.3 is 9.84 Å². The minimum absolute atomic E-state index is 0.0701. The molecule has 0 unspecified atom stereocenters. The van der Waals surface area contributed by atoms with Gasteiger partial charge in [-0.1, -0.05) is 31.8 Å². The fraction of sp³-hybridized carbons (Fsp3) is 0.450. The van der Waals surface area contributed by atoms with Crippen molar-refractivity contribution in [1.82, 2.24) is 30.2 Å². The molecule has 0 radical (unpaired) electrons. The van der Waals surface area contributed by atoms with Crippen molar-refractivity contribution >= 4 is 5.91 Å². The van der Waals surface area contributed by atoms with Crippen LogP contribution in [0.25, 0.3) is 17.3 Å². The third-order valence-corrected chi connectivity index (χ3v) is 5.11. The molecule has 4 rings (SSSR count). The van der Waals surface area contributed by atoms with Gasteiger partial charge in [0, 0.05) is 18.2 Å². The first-order valence-electron chi connectivity index (χ1n) is 9.69. The number of rotatable bonds is 5. The maximum atomic E-state index is 12.6. The lowest BCUT2D eigenvalue weighted by molar-refractivity contribution is 0.0937. The zero-order valence-corrected chi connectivity index (χ0v) is 16.3. The van der Waals surface area contributed by atoms with Crippen LogP contribution in [-0.2, 0) is 0 Å². The van der Waals surface area contributed by atoms with E-state index in [2.05, 4.69) is 25.5 Å². The molecular formula is C20H24N6O2. The first-order valence-corrected chi connectivity index (χ1v) is 9.69. The minimum atomic E-state index is -0.0701. The zero-order valence-electron chi connectivity index (χ0n) is 16.3. The van der Waals surface area contributed by atoms with E-state index < -0.39 is 0 Å². The monoisotopic (exact) mass is 380 g/mol. The molecule has 3 aromatic rings. The van der Waals surface area contributed by atoms with Gasteiger partial charge in [-0.05, 0) is 31.9 Å². The first-order chi connectivity index (χ1) is 13.5. The van der Waals surface area contributed by atoms with Gasteiger partial charge in [0.1, 0.15) is 0 Å². The Bertz CT molecular complexity index is 967. The Hall–Kier alpha value is -3.03. The minimum Gasteiger partial charge on any atom is -0.349 e. The molecule has 3 heterocycles. The lowest BCUT2D eigenvalue weighted by Gasteiger charge is -2.11. The molecule has 146 valence electrons. The zero-order chi connectivity index (χ0) is 19.7. The Morgan fingerprint density at radius 2 is 2.04 bits per heavy atom. The fourth-order valence-electron chi connectivity index (χ4n) is 3.42. The summed E-state index contributed by atoms with van der Waals surface area (Å²) in [6.45, 7) is 5.90. The Kier molecular flexibility index (Phi) is 4.93. The van der Waals surface area contributed by atoms with Gasteiger partial charge in [0.05, 0.1) is 23.0 Å². The third-order valence-electron chi connectivity index (χ3n) is 5.11. The molecule has 1 N–H and O–H groups in total. The highest BCUT2D eigenvalue weighted by Crippen LogP contribution is 2.22. The third kappa shape index (κ3) is 3.54. The van der Waals surface area contributed by atoms with Crippen molar-refractivity contribution in [3.05, 3.63) is 41.6 Å². The number of hydrogen-bond acceptors (Lipinski definition) is 6. The SMILES string of the molecule is Cc1c(C(=O)NC2CCCC2)cnn1-c1ccc(-c2nc(C(C)C)no2)cn1. The summed E-state index contributed by atoms with van der Waals surface area (Å²) in [5.74, 6) is 1.87. The van der Waals surface area contributed by atoms with E-state index in [1.807, 2.05) is 32.9 Å². The summed E-state index contributed by atoms with van der Waals surface area (Å²) in [6, 6.07) is 3.96. The van der Waals surface area contributed by atoms with Crippen molar-refractivity contribution in [2.45, 2.75) is 58.4 Å². The Balaban J connectivity index is 1.52. The van der Waals surface area contributed by atoms with E-state index in [1.165, 1.54) is 12.8 Å². The van der Waals surface area contributed by atoms with Gasteiger partial charge in [-0.25, -0.2) is 9.67 Å². The summed E-state index contributed by atoms with van der Waals surface area (Å²) in [5, 5.41) is 11.4. The second kappa shape index (κ2) is 7.53. The van der Waals surface area contributed by atoms with E-state index in [1.54, 1.807) is 17.1 Å². The molecule has 3 aromatic heterocycles. The average Bonchev–Trinajstić information content (AvgIpc) is 3.42. The molecule has 1 aliphatic rings. The highest BCUT2D eigenvalue weighted by atomic mass is 16.5. The predicted octanol–water partition coefficient (Wildman–Crippen LogP) is 3.42. The Morgan fingerprint density at radius 1 is 1.25 bits per heavy atom. The molecule has 1 saturated carbocycles. The van der Waals surface area contributed by atoms with Crippen molar-refractivity contribution in [2.24, 2.45) is 0 Å². The molecule has 0 atom stereocenters. The molecule has 0 spiro atoms. The Labute approximate surface area is 163 Å². The molecule has 8 nitrogen and oxygen atoms in total. The summed E-state index contributed by atoms with van der Waals surface area (Å²) in [5.41, 5.74) is 2.08. The van der Waals surface area contributed by atoms with Crippen molar-refractivity contribution in [3.63, 3.8) is 0 Å². The van der Waals surface area contributed by atoms with Gasteiger partial charge in [-0.3, -0.25) is 4.79 Å². The molecule has 1 amide bonds. The maximum absolute atomic E-state index is 12.6. The lowest BCUT2D eigenvalue weighted by atomic mass is 10.2. The number of amides is 1. The standard InChI is InChI=1S/C20H24N6O2/c1-12(2)18-24-20(28-25-18)14-8-9-17(21-10-14)26-13(3)16(11-22-26)19(27)23-15-6-4-5-7-15/h8-12,15H,4-7H2,1-3H3,(H,23,27). The van der Waals surface area contributed by atoms with Crippen molar-refractivity contribution < 1.29 is 9.32 Å². The highest BCUT2D eigenvalue weighted by molar-refractivity contribution is 5.95. The maximum Gasteiger partial charge on any atom is 0.259 e. The molecule has 0 aliphatic heterocycles. The number of pyridine rings is 1. The van der Waals surface area contributed by atoms with Crippen LogP contribution in [0, 0.1) is 6.92 Å². The van der Waals surface area contributed by atoms with E-state index >= 15 is 0 Å². The van der Waals surface area contributed by atoms with Crippen molar-refractivity contribution in [2.75, 3.05) is 0 Å². The van der Waals surface area contributed by atoms with Crippen LogP contribution in [0.3, 0.4) is 0 Å². The van der Waals surface area contributed by atoms with Crippen LogP contribution in [0.5, 0.6) is 0 Å². The molecule has 0 aromatic carbocycles. The normalized spacial score (nSPS) is 14.7. The number of nitrogens with one attached hydrogen (secondary N) is 1. The number of aromatic nitrogens is 5. The van der Waals surface area contributed by atoms with E-state index in [9.17, 15) is 4.79 Å². The van der Waals surface area contributed by atoms with Gasteiger partial charge in [-0.15, -0.1) is 0 Å². The van der Waals surface area contributed by atoms with Gasteiger partial charge in [0.25, 0.3) is 11.8 Å². The highest BCUT2D eigenvalue weighted by Gasteiger charge is 2.21. The Morgan fingerprint density at radius 3 is 2.68 bits per heavy atom. The van der Waals surface area contributed by atoms with Crippen LogP contribution in [0.1, 0.15) is 67.3 Å². The topological polar surface area (TPSA) is 98.7 Å². The molecule has 1 aliphatic carbocycles. The molecular weight excluding hydrogens is 356 g/mol. The van der Waals surface area contributed by atoms with E-state index in [0.717, 1.165) is 24.1 Å². The molecule has 28 heavy (non-hydrogen) atoms. The van der Waals surface area contributed by atoms with Crippen LogP contribution in [0.15, 0.2) is 29.0 Å². The number of carbonyl (C=O) groups excluding carboxylic acids is 1. The molecule has 0 bridgehead atoms. The summed E-state index contributed by atoms with van der Waals surface area (Å²) < 4.78 is 6.97. The smallest absolute Gasteiger partial charge is 0.259 e. The van der Waals surface area contributed by atoms with Crippen LogP contribution >= 0.6 is 0 Å². The fourth-order valence-corrected chi connectivity index (χ4v) is 3.42. The molecule has 1 fully saturated rings. The lowest BCUT2D eigenvalue weighted by Crippen LogP contribution is -2.32. The van der Waals surface area contributed by atoms with Crippen molar-refractivity contribution in [3.8, 4) is 17.3 Å². The predicted molar refractivity (Wildman–Crippen MR) is 103 cm³/mol. The van der Waals surface area contributed by atoms with Crippen LogP contribution in [0.4, 0.5) is 0 Å². The summed E-state index contributed by atoms with van der Waals surface area (Å²) in [4.78, 5) is 21.4. The van der Waals surface area contributed by atoms with E-state index in [0.29, 0.717) is 23.1 Å². The largest absolute Gasteiger partial charge is 0.349 e. The summed E-state index contributed by atoms with van der Waals surface area (Å²) in [6.07, 6.45) is 7.73. The van der Waals surface area contributed by atoms with Gasteiger partial charge in [-0.2, -0.15) is 10.1 Å². The number of nitrogens with zero attached hydrogens (tertiary/aromatic N) is 5. The van der Waals surface area contributed by atoms with Crippen LogP contribution < -0.4 is 5.32 Å². The molecule has 8 heteroatoms. The van der Waals surface area contributed by atoms with Gasteiger partial charge >= 0.3 is 0 Å². The van der Waals surface area contributed by atoms with Crippen LogP contribution in [-0.4, -0.2) is 36.9 Å².